The highest BCUT2D eigenvalue weighted by atomic mass is 16.5. The smallest absolute Gasteiger partial charge is 0.335 e. The van der Waals surface area contributed by atoms with Crippen molar-refractivity contribution in [1.82, 2.24) is 4.90 Å². The molecule has 0 unspecified atom stereocenters. The average Bonchev–Trinajstić information content (AvgIpc) is 2.59. The van der Waals surface area contributed by atoms with Crippen molar-refractivity contribution in [3.63, 3.8) is 0 Å². The van der Waals surface area contributed by atoms with Crippen LogP contribution in [0.4, 0.5) is 0 Å². The topological polar surface area (TPSA) is 96.3 Å². The molecule has 1 amide bonds. The van der Waals surface area contributed by atoms with Crippen LogP contribution in [0.25, 0.3) is 0 Å². The van der Waals surface area contributed by atoms with Gasteiger partial charge < -0.3 is 24.6 Å². The van der Waals surface area contributed by atoms with Crippen LogP contribution in [0.5, 0.6) is 11.5 Å². The normalized spacial score (nSPS) is 16.6. The second kappa shape index (κ2) is 8.20. The number of rotatable bonds is 7. The summed E-state index contributed by atoms with van der Waals surface area (Å²) in [5.74, 6) is 0.154. The van der Waals surface area contributed by atoms with Gasteiger partial charge in [0, 0.05) is 32.0 Å². The molecule has 0 radical (unpaired) electrons. The lowest BCUT2D eigenvalue weighted by atomic mass is 9.92. The fourth-order valence-corrected chi connectivity index (χ4v) is 2.49. The number of piperidine rings is 1. The Labute approximate surface area is 147 Å². The van der Waals surface area contributed by atoms with Crippen LogP contribution < -0.4 is 9.47 Å². The maximum absolute atomic E-state index is 12.2. The van der Waals surface area contributed by atoms with E-state index in [0.29, 0.717) is 24.0 Å². The van der Waals surface area contributed by atoms with Crippen LogP contribution in [0.15, 0.2) is 24.3 Å². The summed E-state index contributed by atoms with van der Waals surface area (Å²) in [5, 5.41) is 18.9. The van der Waals surface area contributed by atoms with E-state index >= 15 is 0 Å². The third-order valence-electron chi connectivity index (χ3n) is 4.09. The number of carbonyl (C=O) groups is 2. The zero-order valence-corrected chi connectivity index (χ0v) is 14.6. The minimum absolute atomic E-state index is 0.0204. The van der Waals surface area contributed by atoms with Crippen molar-refractivity contribution < 1.29 is 29.3 Å². The molecule has 2 N–H and O–H groups in total. The number of nitrogens with zero attached hydrogens (tertiary/aromatic N) is 1. The second-order valence-corrected chi connectivity index (χ2v) is 6.69. The van der Waals surface area contributed by atoms with Gasteiger partial charge in [0.1, 0.15) is 11.5 Å². The van der Waals surface area contributed by atoms with Crippen LogP contribution in [0.3, 0.4) is 0 Å². The molecule has 1 fully saturated rings. The molecule has 1 heterocycles. The monoisotopic (exact) mass is 351 g/mol. The highest BCUT2D eigenvalue weighted by molar-refractivity contribution is 5.80. The van der Waals surface area contributed by atoms with Crippen molar-refractivity contribution in [2.75, 3.05) is 26.3 Å². The van der Waals surface area contributed by atoms with Gasteiger partial charge in [0.05, 0.1) is 6.61 Å². The standard InChI is InChI=1S/C18H25NO6/c1-13(2)11-24-14-4-3-5-15(10-14)25-12-16(20)19-8-6-18(23,7-9-19)17(21)22/h3-5,10,13,23H,6-9,11-12H2,1-2H3,(H,21,22). The van der Waals surface area contributed by atoms with Crippen molar-refractivity contribution >= 4 is 11.9 Å². The molecule has 25 heavy (non-hydrogen) atoms. The molecular formula is C18H25NO6. The van der Waals surface area contributed by atoms with Crippen LogP contribution in [0.1, 0.15) is 26.7 Å². The quantitative estimate of drug-likeness (QED) is 0.773. The zero-order valence-electron chi connectivity index (χ0n) is 14.6. The number of hydrogen-bond donors (Lipinski definition) is 2. The number of benzene rings is 1. The van der Waals surface area contributed by atoms with Crippen molar-refractivity contribution in [2.24, 2.45) is 5.92 Å². The number of carboxylic acids is 1. The third kappa shape index (κ3) is 5.35. The fourth-order valence-electron chi connectivity index (χ4n) is 2.49. The Morgan fingerprint density at radius 3 is 2.36 bits per heavy atom. The summed E-state index contributed by atoms with van der Waals surface area (Å²) in [7, 11) is 0. The molecule has 2 rings (SSSR count). The lowest BCUT2D eigenvalue weighted by Crippen LogP contribution is -2.51. The summed E-state index contributed by atoms with van der Waals surface area (Å²) in [6.45, 7) is 4.97. The summed E-state index contributed by atoms with van der Waals surface area (Å²) >= 11 is 0. The Hall–Kier alpha value is -2.28. The van der Waals surface area contributed by atoms with Gasteiger partial charge in [0.15, 0.2) is 12.2 Å². The molecule has 0 aliphatic carbocycles. The Morgan fingerprint density at radius 2 is 1.80 bits per heavy atom. The summed E-state index contributed by atoms with van der Waals surface area (Å²) in [5.41, 5.74) is -1.74. The van der Waals surface area contributed by atoms with Crippen LogP contribution >= 0.6 is 0 Å². The SMILES string of the molecule is CC(C)COc1cccc(OCC(=O)N2CCC(O)(C(=O)O)CC2)c1. The lowest BCUT2D eigenvalue weighted by molar-refractivity contribution is -0.165. The van der Waals surface area contributed by atoms with Crippen LogP contribution in [0.2, 0.25) is 0 Å². The molecule has 138 valence electrons. The number of ether oxygens (including phenoxy) is 2. The number of carbonyl (C=O) groups excluding carboxylic acids is 1. The van der Waals surface area contributed by atoms with Gasteiger partial charge >= 0.3 is 5.97 Å². The Bertz CT molecular complexity index is 607. The molecule has 0 atom stereocenters. The van der Waals surface area contributed by atoms with E-state index < -0.39 is 11.6 Å². The van der Waals surface area contributed by atoms with Gasteiger partial charge in [-0.25, -0.2) is 4.79 Å². The molecule has 1 aromatic carbocycles. The first-order valence-electron chi connectivity index (χ1n) is 8.39. The number of hydrogen-bond acceptors (Lipinski definition) is 5. The molecule has 1 aliphatic heterocycles. The highest BCUT2D eigenvalue weighted by Crippen LogP contribution is 2.23. The summed E-state index contributed by atoms with van der Waals surface area (Å²) in [6.07, 6.45) is 0.0409. The van der Waals surface area contributed by atoms with Crippen molar-refractivity contribution in [3.8, 4) is 11.5 Å². The number of carboxylic acid groups (broad SMARTS) is 1. The molecule has 1 aromatic rings. The molecule has 7 nitrogen and oxygen atoms in total. The van der Waals surface area contributed by atoms with Gasteiger partial charge in [-0.15, -0.1) is 0 Å². The van der Waals surface area contributed by atoms with Crippen LogP contribution in [-0.2, 0) is 9.59 Å². The van der Waals surface area contributed by atoms with Crippen LogP contribution in [0, 0.1) is 5.92 Å². The van der Waals surface area contributed by atoms with E-state index in [1.807, 2.05) is 6.07 Å². The van der Waals surface area contributed by atoms with E-state index in [0.717, 1.165) is 0 Å². The van der Waals surface area contributed by atoms with Gasteiger partial charge in [-0.3, -0.25) is 4.79 Å². The molecule has 7 heteroatoms. The zero-order chi connectivity index (χ0) is 18.4. The molecular weight excluding hydrogens is 326 g/mol. The van der Waals surface area contributed by atoms with E-state index in [-0.39, 0.29) is 38.4 Å². The predicted molar refractivity (Wildman–Crippen MR) is 90.7 cm³/mol. The van der Waals surface area contributed by atoms with Crippen molar-refractivity contribution in [3.05, 3.63) is 24.3 Å². The average molecular weight is 351 g/mol. The number of amides is 1. The van der Waals surface area contributed by atoms with E-state index in [9.17, 15) is 14.7 Å². The van der Waals surface area contributed by atoms with E-state index in [2.05, 4.69) is 13.8 Å². The fraction of sp³-hybridized carbons (Fsp3) is 0.556. The lowest BCUT2D eigenvalue weighted by Gasteiger charge is -2.35. The predicted octanol–water partition coefficient (Wildman–Crippen LogP) is 1.54. The van der Waals surface area contributed by atoms with Gasteiger partial charge in [0.2, 0.25) is 0 Å². The molecule has 0 aromatic heterocycles. The largest absolute Gasteiger partial charge is 0.493 e. The molecule has 1 saturated heterocycles. The maximum atomic E-state index is 12.2. The first-order chi connectivity index (χ1) is 11.8. The van der Waals surface area contributed by atoms with Gasteiger partial charge in [-0.05, 0) is 18.1 Å². The summed E-state index contributed by atoms with van der Waals surface area (Å²) < 4.78 is 11.1. The van der Waals surface area contributed by atoms with Gasteiger partial charge in [-0.2, -0.15) is 0 Å². The summed E-state index contributed by atoms with van der Waals surface area (Å²) in [4.78, 5) is 24.7. The molecule has 0 saturated carbocycles. The molecule has 1 aliphatic rings. The number of aliphatic carboxylic acids is 1. The Balaban J connectivity index is 1.82. The minimum atomic E-state index is -1.74. The summed E-state index contributed by atoms with van der Waals surface area (Å²) in [6, 6.07) is 7.10. The van der Waals surface area contributed by atoms with Crippen molar-refractivity contribution in [1.29, 1.82) is 0 Å². The van der Waals surface area contributed by atoms with E-state index in [1.165, 1.54) is 4.90 Å². The number of likely N-dealkylation sites (tertiary alicyclic amines) is 1. The van der Waals surface area contributed by atoms with Gasteiger partial charge in [0.25, 0.3) is 5.91 Å². The Kier molecular flexibility index (Phi) is 6.25. The Morgan fingerprint density at radius 1 is 1.20 bits per heavy atom. The van der Waals surface area contributed by atoms with Crippen molar-refractivity contribution in [2.45, 2.75) is 32.3 Å². The number of aliphatic hydroxyl groups is 1. The van der Waals surface area contributed by atoms with E-state index in [1.54, 1.807) is 18.2 Å². The highest BCUT2D eigenvalue weighted by Gasteiger charge is 2.40. The molecule has 0 spiro atoms. The van der Waals surface area contributed by atoms with E-state index in [4.69, 9.17) is 14.6 Å². The third-order valence-corrected chi connectivity index (χ3v) is 4.09. The van der Waals surface area contributed by atoms with Crippen LogP contribution in [-0.4, -0.2) is 58.9 Å². The minimum Gasteiger partial charge on any atom is -0.493 e. The second-order valence-electron chi connectivity index (χ2n) is 6.69. The first-order valence-corrected chi connectivity index (χ1v) is 8.39. The maximum Gasteiger partial charge on any atom is 0.335 e. The van der Waals surface area contributed by atoms with Gasteiger partial charge in [-0.1, -0.05) is 19.9 Å². The molecule has 0 bridgehead atoms. The first kappa shape index (κ1) is 19.1.